The summed E-state index contributed by atoms with van der Waals surface area (Å²) in [6.07, 6.45) is 0. The minimum atomic E-state index is -4.46. The molecule has 1 aromatic carbocycles. The van der Waals surface area contributed by atoms with Crippen molar-refractivity contribution in [3.05, 3.63) is 27.7 Å². The van der Waals surface area contributed by atoms with Crippen LogP contribution in [0.3, 0.4) is 0 Å². The van der Waals surface area contributed by atoms with Gasteiger partial charge in [-0.05, 0) is 28.9 Å². The Bertz CT molecular complexity index is 652. The monoisotopic (exact) mass is 386 g/mol. The summed E-state index contributed by atoms with van der Waals surface area (Å²) in [4.78, 5) is 10.8. The largest absolute Gasteiger partial charge is 0.380 e. The second-order valence-electron chi connectivity index (χ2n) is 3.86. The summed E-state index contributed by atoms with van der Waals surface area (Å²) in [6, 6.07) is 0.667. The highest BCUT2D eigenvalue weighted by atomic mass is 79.9. The van der Waals surface area contributed by atoms with Crippen LogP contribution in [-0.2, 0) is 14.8 Å². The predicted molar refractivity (Wildman–Crippen MR) is 74.3 cm³/mol. The van der Waals surface area contributed by atoms with Gasteiger partial charge in [-0.25, -0.2) is 22.3 Å². The predicted octanol–water partition coefficient (Wildman–Crippen LogP) is 1.14. The van der Waals surface area contributed by atoms with Gasteiger partial charge in [0.2, 0.25) is 10.0 Å². The highest BCUT2D eigenvalue weighted by Crippen LogP contribution is 2.28. The minimum absolute atomic E-state index is 0.0202. The van der Waals surface area contributed by atoms with E-state index in [2.05, 4.69) is 21.2 Å². The van der Waals surface area contributed by atoms with Crippen LogP contribution >= 0.6 is 15.9 Å². The van der Waals surface area contributed by atoms with E-state index >= 15 is 0 Å². The third kappa shape index (κ3) is 4.43. The number of hydrogen-bond acceptors (Lipinski definition) is 4. The molecule has 0 aliphatic carbocycles. The summed E-state index contributed by atoms with van der Waals surface area (Å²) in [5, 5.41) is 7.06. The van der Waals surface area contributed by atoms with Crippen LogP contribution in [0.2, 0.25) is 0 Å². The van der Waals surface area contributed by atoms with Gasteiger partial charge in [-0.3, -0.25) is 4.79 Å². The minimum Gasteiger partial charge on any atom is -0.380 e. The molecule has 21 heavy (non-hydrogen) atoms. The van der Waals surface area contributed by atoms with Crippen molar-refractivity contribution in [3.8, 4) is 0 Å². The Kier molecular flexibility index (Phi) is 6.20. The fourth-order valence-corrected chi connectivity index (χ4v) is 3.25. The van der Waals surface area contributed by atoms with E-state index in [-0.39, 0.29) is 13.2 Å². The summed E-state index contributed by atoms with van der Waals surface area (Å²) in [5.74, 6) is -3.85. The number of halogens is 3. The quantitative estimate of drug-likeness (QED) is 0.716. The number of rotatable bonds is 6. The summed E-state index contributed by atoms with van der Waals surface area (Å²) in [5.41, 5.74) is -1.02. The molecule has 0 unspecified atom stereocenters. The molecule has 0 spiro atoms. The van der Waals surface area contributed by atoms with Crippen LogP contribution in [0.25, 0.3) is 0 Å². The Morgan fingerprint density at radius 1 is 1.48 bits per heavy atom. The number of nitrogens with two attached hydrogens (primary N) is 1. The lowest BCUT2D eigenvalue weighted by Crippen LogP contribution is -2.30. The number of primary sulfonamides is 1. The standard InChI is InChI=1S/C11H13BrF2N2O4S/c1-2-20-4-3-16-11(17)8-7(13)5-6(12)10(9(8)14)21(15,18)19/h5H,2-4H2,1H3,(H,16,17)(H2,15,18,19). The third-order valence-corrected chi connectivity index (χ3v) is 4.23. The molecule has 10 heteroatoms. The second kappa shape index (κ2) is 7.25. The zero-order valence-electron chi connectivity index (χ0n) is 11.0. The van der Waals surface area contributed by atoms with Crippen LogP contribution in [0.4, 0.5) is 8.78 Å². The molecule has 0 aliphatic rings. The van der Waals surface area contributed by atoms with Gasteiger partial charge in [0.15, 0.2) is 5.82 Å². The van der Waals surface area contributed by atoms with Gasteiger partial charge in [0.05, 0.1) is 6.61 Å². The molecular formula is C11H13BrF2N2O4S. The van der Waals surface area contributed by atoms with Crippen molar-refractivity contribution in [2.45, 2.75) is 11.8 Å². The molecular weight excluding hydrogens is 374 g/mol. The summed E-state index contributed by atoms with van der Waals surface area (Å²) >= 11 is 2.70. The molecule has 6 nitrogen and oxygen atoms in total. The highest BCUT2D eigenvalue weighted by molar-refractivity contribution is 9.10. The number of hydrogen-bond donors (Lipinski definition) is 2. The summed E-state index contributed by atoms with van der Waals surface area (Å²) in [6.45, 7) is 2.34. The first-order chi connectivity index (χ1) is 9.70. The molecule has 0 saturated heterocycles. The third-order valence-electron chi connectivity index (χ3n) is 2.38. The summed E-state index contributed by atoms with van der Waals surface area (Å²) < 4.78 is 54.9. The number of amides is 1. The molecule has 3 N–H and O–H groups in total. The van der Waals surface area contributed by atoms with E-state index in [1.54, 1.807) is 6.92 Å². The molecule has 0 atom stereocenters. The maximum absolute atomic E-state index is 14.1. The maximum atomic E-state index is 14.1. The second-order valence-corrected chi connectivity index (χ2v) is 6.21. The first-order valence-corrected chi connectivity index (χ1v) is 8.10. The molecule has 0 saturated carbocycles. The Balaban J connectivity index is 3.16. The molecule has 0 aliphatic heterocycles. The van der Waals surface area contributed by atoms with Gasteiger partial charge in [-0.2, -0.15) is 0 Å². The Hall–Kier alpha value is -1.10. The number of ether oxygens (including phenoxy) is 1. The Labute approximate surface area is 128 Å². The first-order valence-electron chi connectivity index (χ1n) is 5.76. The van der Waals surface area contributed by atoms with Crippen molar-refractivity contribution in [2.75, 3.05) is 19.8 Å². The number of nitrogens with one attached hydrogen (secondary N) is 1. The van der Waals surface area contributed by atoms with Crippen molar-refractivity contribution in [1.82, 2.24) is 5.32 Å². The number of sulfonamides is 1. The molecule has 118 valence electrons. The maximum Gasteiger partial charge on any atom is 0.257 e. The SMILES string of the molecule is CCOCCNC(=O)c1c(F)cc(Br)c(S(N)(=O)=O)c1F. The van der Waals surface area contributed by atoms with Crippen LogP contribution in [0, 0.1) is 11.6 Å². The van der Waals surface area contributed by atoms with Gasteiger partial charge in [-0.1, -0.05) is 0 Å². The van der Waals surface area contributed by atoms with Gasteiger partial charge < -0.3 is 10.1 Å². The average Bonchev–Trinajstić information content (AvgIpc) is 2.32. The molecule has 0 radical (unpaired) electrons. The summed E-state index contributed by atoms with van der Waals surface area (Å²) in [7, 11) is -4.46. The fraction of sp³-hybridized carbons (Fsp3) is 0.364. The van der Waals surface area contributed by atoms with Crippen LogP contribution < -0.4 is 10.5 Å². The van der Waals surface area contributed by atoms with Crippen LogP contribution in [0.15, 0.2) is 15.4 Å². The van der Waals surface area contributed by atoms with Crippen molar-refractivity contribution in [2.24, 2.45) is 5.14 Å². The molecule has 0 aromatic heterocycles. The van der Waals surface area contributed by atoms with Crippen molar-refractivity contribution < 1.29 is 26.7 Å². The van der Waals surface area contributed by atoms with Gasteiger partial charge >= 0.3 is 0 Å². The smallest absolute Gasteiger partial charge is 0.257 e. The lowest BCUT2D eigenvalue weighted by Gasteiger charge is -2.11. The molecule has 1 amide bonds. The van der Waals surface area contributed by atoms with Crippen molar-refractivity contribution in [3.63, 3.8) is 0 Å². The molecule has 0 bridgehead atoms. The van der Waals surface area contributed by atoms with E-state index in [0.717, 1.165) is 0 Å². The lowest BCUT2D eigenvalue weighted by molar-refractivity contribution is 0.0913. The fourth-order valence-electron chi connectivity index (χ4n) is 1.51. The number of carbonyl (C=O) groups excluding carboxylic acids is 1. The van der Waals surface area contributed by atoms with Gasteiger partial charge in [-0.15, -0.1) is 0 Å². The molecule has 0 heterocycles. The van der Waals surface area contributed by atoms with Crippen molar-refractivity contribution in [1.29, 1.82) is 0 Å². The van der Waals surface area contributed by atoms with E-state index in [1.807, 2.05) is 0 Å². The topological polar surface area (TPSA) is 98.5 Å². The average molecular weight is 387 g/mol. The van der Waals surface area contributed by atoms with Gasteiger partial charge in [0.1, 0.15) is 16.3 Å². The van der Waals surface area contributed by atoms with Gasteiger partial charge in [0.25, 0.3) is 5.91 Å². The highest BCUT2D eigenvalue weighted by Gasteiger charge is 2.28. The zero-order valence-corrected chi connectivity index (χ0v) is 13.4. The van der Waals surface area contributed by atoms with Gasteiger partial charge in [0, 0.05) is 17.6 Å². The van der Waals surface area contributed by atoms with E-state index < -0.39 is 42.5 Å². The molecule has 1 aromatic rings. The van der Waals surface area contributed by atoms with E-state index in [9.17, 15) is 22.0 Å². The lowest BCUT2D eigenvalue weighted by atomic mass is 10.2. The van der Waals surface area contributed by atoms with Crippen molar-refractivity contribution >= 4 is 31.9 Å². The van der Waals surface area contributed by atoms with E-state index in [0.29, 0.717) is 12.7 Å². The number of carbonyl (C=O) groups is 1. The van der Waals surface area contributed by atoms with Crippen LogP contribution in [0.1, 0.15) is 17.3 Å². The number of benzene rings is 1. The molecule has 1 rings (SSSR count). The molecule has 0 fully saturated rings. The van der Waals surface area contributed by atoms with E-state index in [4.69, 9.17) is 9.88 Å². The zero-order chi connectivity index (χ0) is 16.2. The normalized spacial score (nSPS) is 11.5. The van der Waals surface area contributed by atoms with E-state index in [1.165, 1.54) is 0 Å². The Morgan fingerprint density at radius 3 is 2.62 bits per heavy atom. The van der Waals surface area contributed by atoms with Crippen LogP contribution in [0.5, 0.6) is 0 Å². The Morgan fingerprint density at radius 2 is 2.10 bits per heavy atom. The first kappa shape index (κ1) is 18.0. The van der Waals surface area contributed by atoms with Crippen LogP contribution in [-0.4, -0.2) is 34.1 Å².